The Labute approximate surface area is 135 Å². The van der Waals surface area contributed by atoms with Crippen LogP contribution < -0.4 is 10.6 Å². The zero-order chi connectivity index (χ0) is 14.7. The van der Waals surface area contributed by atoms with Gasteiger partial charge in [-0.2, -0.15) is 0 Å². The van der Waals surface area contributed by atoms with Crippen LogP contribution in [0, 0.1) is 5.92 Å². The molecule has 0 bridgehead atoms. The van der Waals surface area contributed by atoms with Gasteiger partial charge in [0, 0.05) is 29.2 Å². The summed E-state index contributed by atoms with van der Waals surface area (Å²) in [5, 5.41) is 6.50. The number of thioether (sulfide) groups is 2. The first-order chi connectivity index (χ1) is 10.2. The Hall–Kier alpha value is -0.650. The number of nitrogens with one attached hydrogen (secondary N) is 2. The number of piperidine rings is 1. The Kier molecular flexibility index (Phi) is 5.14. The summed E-state index contributed by atoms with van der Waals surface area (Å²) in [5.41, 5.74) is 2.26. The van der Waals surface area contributed by atoms with Crippen LogP contribution in [0.25, 0.3) is 0 Å². The standard InChI is InChI=1S/C16H22N2OS2/c1-11-9-12(5-6-17-11)15(19)18-14-4-2-3-13(10-14)16-20-7-8-21-16/h2-4,10-12,16-17H,5-9H2,1H3,(H,18,19)/t11-,12-/m0/s1. The van der Waals surface area contributed by atoms with Gasteiger partial charge < -0.3 is 10.6 Å². The molecular weight excluding hydrogens is 300 g/mol. The van der Waals surface area contributed by atoms with E-state index in [2.05, 4.69) is 35.8 Å². The highest BCUT2D eigenvalue weighted by Gasteiger charge is 2.25. The zero-order valence-corrected chi connectivity index (χ0v) is 13.9. The third-order valence-electron chi connectivity index (χ3n) is 4.04. The second kappa shape index (κ2) is 7.07. The molecule has 21 heavy (non-hydrogen) atoms. The molecular formula is C16H22N2OS2. The Morgan fingerprint density at radius 2 is 2.14 bits per heavy atom. The molecule has 2 fully saturated rings. The Bertz CT molecular complexity index is 503. The number of hydrogen-bond acceptors (Lipinski definition) is 4. The van der Waals surface area contributed by atoms with Crippen molar-refractivity contribution in [2.75, 3.05) is 23.4 Å². The van der Waals surface area contributed by atoms with E-state index < -0.39 is 0 Å². The molecule has 1 amide bonds. The Balaban J connectivity index is 1.64. The Morgan fingerprint density at radius 1 is 1.33 bits per heavy atom. The molecule has 0 spiro atoms. The van der Waals surface area contributed by atoms with Gasteiger partial charge in [-0.25, -0.2) is 0 Å². The van der Waals surface area contributed by atoms with Crippen LogP contribution in [-0.2, 0) is 4.79 Å². The quantitative estimate of drug-likeness (QED) is 0.894. The van der Waals surface area contributed by atoms with Crippen molar-refractivity contribution in [3.8, 4) is 0 Å². The SMILES string of the molecule is C[C@H]1C[C@@H](C(=O)Nc2cccc(C3SCCS3)c2)CCN1. The first-order valence-electron chi connectivity index (χ1n) is 7.60. The number of carbonyl (C=O) groups is 1. The monoisotopic (exact) mass is 322 g/mol. The van der Waals surface area contributed by atoms with Gasteiger partial charge in [-0.05, 0) is 44.0 Å². The van der Waals surface area contributed by atoms with E-state index in [1.807, 2.05) is 29.6 Å². The fourth-order valence-electron chi connectivity index (χ4n) is 2.93. The second-order valence-electron chi connectivity index (χ2n) is 5.76. The molecule has 0 radical (unpaired) electrons. The highest BCUT2D eigenvalue weighted by atomic mass is 32.2. The van der Waals surface area contributed by atoms with Gasteiger partial charge >= 0.3 is 0 Å². The van der Waals surface area contributed by atoms with Gasteiger partial charge in [-0.15, -0.1) is 23.5 Å². The molecule has 0 aromatic heterocycles. The highest BCUT2D eigenvalue weighted by molar-refractivity contribution is 8.19. The van der Waals surface area contributed by atoms with E-state index in [4.69, 9.17) is 0 Å². The summed E-state index contributed by atoms with van der Waals surface area (Å²) < 4.78 is 0.528. The smallest absolute Gasteiger partial charge is 0.227 e. The van der Waals surface area contributed by atoms with Gasteiger partial charge in [0.1, 0.15) is 0 Å². The van der Waals surface area contributed by atoms with Crippen LogP contribution in [0.1, 0.15) is 29.9 Å². The molecule has 0 aliphatic carbocycles. The fourth-order valence-corrected chi connectivity index (χ4v) is 5.77. The van der Waals surface area contributed by atoms with Crippen LogP contribution in [-0.4, -0.2) is 30.0 Å². The topological polar surface area (TPSA) is 41.1 Å². The van der Waals surface area contributed by atoms with Crippen molar-refractivity contribution in [3.63, 3.8) is 0 Å². The van der Waals surface area contributed by atoms with Gasteiger partial charge in [0.05, 0.1) is 4.58 Å². The van der Waals surface area contributed by atoms with Crippen molar-refractivity contribution < 1.29 is 4.79 Å². The average molecular weight is 322 g/mol. The van der Waals surface area contributed by atoms with Crippen LogP contribution in [0.3, 0.4) is 0 Å². The lowest BCUT2D eigenvalue weighted by Gasteiger charge is -2.27. The second-order valence-corrected chi connectivity index (χ2v) is 8.49. The number of benzene rings is 1. The van der Waals surface area contributed by atoms with E-state index in [1.54, 1.807) is 0 Å². The average Bonchev–Trinajstić information content (AvgIpc) is 3.02. The van der Waals surface area contributed by atoms with Crippen molar-refractivity contribution >= 4 is 35.1 Å². The minimum Gasteiger partial charge on any atom is -0.326 e. The predicted octanol–water partition coefficient (Wildman–Crippen LogP) is 3.49. The maximum atomic E-state index is 12.4. The van der Waals surface area contributed by atoms with Crippen molar-refractivity contribution in [3.05, 3.63) is 29.8 Å². The van der Waals surface area contributed by atoms with Crippen LogP contribution >= 0.6 is 23.5 Å². The summed E-state index contributed by atoms with van der Waals surface area (Å²) in [6.07, 6.45) is 1.87. The van der Waals surface area contributed by atoms with Crippen molar-refractivity contribution in [2.24, 2.45) is 5.92 Å². The largest absolute Gasteiger partial charge is 0.326 e. The van der Waals surface area contributed by atoms with Crippen LogP contribution in [0.4, 0.5) is 5.69 Å². The van der Waals surface area contributed by atoms with E-state index in [9.17, 15) is 4.79 Å². The molecule has 2 aliphatic heterocycles. The molecule has 1 aromatic rings. The normalized spacial score (nSPS) is 26.7. The maximum absolute atomic E-state index is 12.4. The zero-order valence-electron chi connectivity index (χ0n) is 12.3. The lowest BCUT2D eigenvalue weighted by atomic mass is 9.92. The molecule has 3 rings (SSSR count). The van der Waals surface area contributed by atoms with E-state index >= 15 is 0 Å². The van der Waals surface area contributed by atoms with Gasteiger partial charge in [-0.1, -0.05) is 12.1 Å². The molecule has 114 valence electrons. The van der Waals surface area contributed by atoms with Crippen LogP contribution in [0.2, 0.25) is 0 Å². The number of carbonyl (C=O) groups excluding carboxylic acids is 1. The molecule has 2 saturated heterocycles. The minimum absolute atomic E-state index is 0.139. The summed E-state index contributed by atoms with van der Waals surface area (Å²) in [4.78, 5) is 12.4. The van der Waals surface area contributed by atoms with E-state index in [-0.39, 0.29) is 11.8 Å². The van der Waals surface area contributed by atoms with Crippen molar-refractivity contribution in [1.29, 1.82) is 0 Å². The molecule has 5 heteroatoms. The first kappa shape index (κ1) is 15.3. The van der Waals surface area contributed by atoms with Gasteiger partial charge in [0.2, 0.25) is 5.91 Å². The van der Waals surface area contributed by atoms with E-state index in [0.717, 1.165) is 25.1 Å². The van der Waals surface area contributed by atoms with Crippen molar-refractivity contribution in [2.45, 2.75) is 30.4 Å². The summed E-state index contributed by atoms with van der Waals surface area (Å²) in [5.74, 6) is 2.75. The summed E-state index contributed by atoms with van der Waals surface area (Å²) in [6, 6.07) is 8.79. The number of amides is 1. The van der Waals surface area contributed by atoms with Crippen LogP contribution in [0.5, 0.6) is 0 Å². The minimum atomic E-state index is 0.139. The molecule has 2 atom stereocenters. The van der Waals surface area contributed by atoms with Gasteiger partial charge in [-0.3, -0.25) is 4.79 Å². The summed E-state index contributed by atoms with van der Waals surface area (Å²) in [7, 11) is 0. The number of hydrogen-bond donors (Lipinski definition) is 2. The molecule has 2 heterocycles. The maximum Gasteiger partial charge on any atom is 0.227 e. The van der Waals surface area contributed by atoms with Gasteiger partial charge in [0.15, 0.2) is 0 Å². The third kappa shape index (κ3) is 3.96. The van der Waals surface area contributed by atoms with E-state index in [0.29, 0.717) is 10.6 Å². The Morgan fingerprint density at radius 3 is 2.90 bits per heavy atom. The lowest BCUT2D eigenvalue weighted by Crippen LogP contribution is -2.40. The first-order valence-corrected chi connectivity index (χ1v) is 9.69. The van der Waals surface area contributed by atoms with E-state index in [1.165, 1.54) is 17.1 Å². The third-order valence-corrected chi connectivity index (χ3v) is 7.15. The summed E-state index contributed by atoms with van der Waals surface area (Å²) >= 11 is 3.99. The predicted molar refractivity (Wildman–Crippen MR) is 92.9 cm³/mol. The molecule has 1 aromatic carbocycles. The fraction of sp³-hybridized carbons (Fsp3) is 0.562. The molecule has 3 nitrogen and oxygen atoms in total. The van der Waals surface area contributed by atoms with Crippen LogP contribution in [0.15, 0.2) is 24.3 Å². The number of rotatable bonds is 3. The molecule has 0 saturated carbocycles. The molecule has 2 N–H and O–H groups in total. The lowest BCUT2D eigenvalue weighted by molar-refractivity contribution is -0.120. The van der Waals surface area contributed by atoms with Gasteiger partial charge in [0.25, 0.3) is 0 Å². The molecule has 2 aliphatic rings. The highest BCUT2D eigenvalue weighted by Crippen LogP contribution is 2.45. The molecule has 0 unspecified atom stereocenters. The number of anilines is 1. The van der Waals surface area contributed by atoms with Crippen molar-refractivity contribution in [1.82, 2.24) is 5.32 Å². The summed E-state index contributed by atoms with van der Waals surface area (Å²) in [6.45, 7) is 3.09.